The summed E-state index contributed by atoms with van der Waals surface area (Å²) in [7, 11) is 5.95. The Bertz CT molecular complexity index is 2470. The van der Waals surface area contributed by atoms with Gasteiger partial charge in [-0.1, -0.05) is 38.1 Å². The molecule has 0 unspecified atom stereocenters. The topological polar surface area (TPSA) is 458 Å². The first-order valence-electron chi connectivity index (χ1n) is 20.0. The van der Waals surface area contributed by atoms with Gasteiger partial charge in [0.2, 0.25) is 11.6 Å². The average Bonchev–Trinajstić information content (AvgIpc) is 3.20. The number of phenolic OH excluding ortho intramolecular Hbond substituents is 2. The van der Waals surface area contributed by atoms with Gasteiger partial charge in [-0.25, -0.2) is 0 Å². The van der Waals surface area contributed by atoms with Crippen molar-refractivity contribution in [1.29, 1.82) is 0 Å². The number of carbonyl (C=O) groups is 6. The fraction of sp³-hybridized carbons (Fsp3) is 0.409. The highest BCUT2D eigenvalue weighted by Crippen LogP contribution is 2.57. The quantitative estimate of drug-likeness (QED) is 0.143. The normalized spacial score (nSPS) is 31.9. The maximum atomic E-state index is 13.3. The fourth-order valence-corrected chi connectivity index (χ4v) is 11.2. The second-order valence-electron chi connectivity index (χ2n) is 17.6. The van der Waals surface area contributed by atoms with Crippen LogP contribution in [0.5, 0.6) is 11.5 Å². The molecule has 6 aliphatic rings. The molecule has 0 bridgehead atoms. The lowest BCUT2D eigenvalue weighted by Gasteiger charge is -2.53. The zero-order valence-corrected chi connectivity index (χ0v) is 39.2. The number of primary amides is 2. The molecule has 12 atom stereocenters. The molecule has 0 spiro atoms. The van der Waals surface area contributed by atoms with Gasteiger partial charge in [0.25, 0.3) is 11.8 Å². The molecule has 25 heteroatoms. The van der Waals surface area contributed by atoms with Gasteiger partial charge < -0.3 is 79.0 Å². The third kappa shape index (κ3) is 7.73. The number of aromatic hydroxyl groups is 2. The molecule has 0 saturated carbocycles. The number of likely N-dealkylation sites (N-methyl/N-ethyl adjacent to an activating group) is 2. The van der Waals surface area contributed by atoms with Crippen LogP contribution in [0.1, 0.15) is 57.5 Å². The Balaban J connectivity index is 0.000000441. The smallest absolute Gasteiger partial charge is 0.255 e. The molecule has 380 valence electrons. The number of Topliss-reactive ketones (excluding diaryl/α,β-unsaturated/α-hetero) is 4. The number of hydrogen-bond acceptors (Lipinski definition) is 18. The van der Waals surface area contributed by atoms with Gasteiger partial charge in [0.1, 0.15) is 45.7 Å². The molecule has 8 rings (SSSR count). The Kier molecular flexibility index (Phi) is 17.0. The van der Waals surface area contributed by atoms with E-state index in [0.29, 0.717) is 11.1 Å². The number of rotatable bonds is 4. The first-order valence-corrected chi connectivity index (χ1v) is 20.0. The summed E-state index contributed by atoms with van der Waals surface area (Å²) in [6.45, 7) is 3.35. The summed E-state index contributed by atoms with van der Waals surface area (Å²) in [6.07, 6.45) is -3.18. The van der Waals surface area contributed by atoms with Gasteiger partial charge in [-0.15, -0.1) is 24.8 Å². The van der Waals surface area contributed by atoms with E-state index in [-0.39, 0.29) is 63.9 Å². The highest BCUT2D eigenvalue weighted by molar-refractivity contribution is 6.26. The lowest BCUT2D eigenvalue weighted by atomic mass is 9.55. The maximum absolute atomic E-state index is 13.3. The van der Waals surface area contributed by atoms with Crippen molar-refractivity contribution in [3.8, 4) is 11.5 Å². The van der Waals surface area contributed by atoms with Crippen molar-refractivity contribution in [2.45, 2.75) is 61.2 Å². The molecule has 0 aromatic heterocycles. The molecule has 23 nitrogen and oxygen atoms in total. The number of nitrogens with zero attached hydrogens (tertiary/aromatic N) is 2. The minimum absolute atomic E-state index is 0. The summed E-state index contributed by atoms with van der Waals surface area (Å²) in [4.78, 5) is 79.6. The van der Waals surface area contributed by atoms with E-state index in [9.17, 15) is 79.8 Å². The summed E-state index contributed by atoms with van der Waals surface area (Å²) in [5, 5.41) is 110. The number of hydrogen-bond donors (Lipinski definition) is 12. The highest BCUT2D eigenvalue weighted by Gasteiger charge is 2.69. The number of ketones is 4. The van der Waals surface area contributed by atoms with Gasteiger partial charge in [0, 0.05) is 23.0 Å². The third-order valence-corrected chi connectivity index (χ3v) is 14.0. The fourth-order valence-electron chi connectivity index (χ4n) is 11.2. The number of phenols is 2. The van der Waals surface area contributed by atoms with Crippen molar-refractivity contribution in [2.24, 2.45) is 35.1 Å². The highest BCUT2D eigenvalue weighted by atomic mass is 35.5. The van der Waals surface area contributed by atoms with E-state index in [2.05, 4.69) is 0 Å². The van der Waals surface area contributed by atoms with Crippen molar-refractivity contribution < 1.29 is 96.3 Å². The molecule has 20 N–H and O–H groups in total. The van der Waals surface area contributed by atoms with Crippen LogP contribution in [0.4, 0.5) is 0 Å². The summed E-state index contributed by atoms with van der Waals surface area (Å²) >= 11 is 0. The Hall–Kier alpha value is -5.96. The van der Waals surface area contributed by atoms with E-state index in [1.807, 2.05) is 0 Å². The second kappa shape index (κ2) is 19.8. The number of halogens is 2. The van der Waals surface area contributed by atoms with Gasteiger partial charge in [0.15, 0.2) is 22.8 Å². The van der Waals surface area contributed by atoms with Crippen molar-refractivity contribution >= 4 is 59.8 Å². The van der Waals surface area contributed by atoms with Gasteiger partial charge >= 0.3 is 0 Å². The van der Waals surface area contributed by atoms with E-state index in [4.69, 9.17) is 11.5 Å². The number of benzene rings is 2. The minimum atomic E-state index is -2.89. The Morgan fingerprint density at radius 2 is 0.855 bits per heavy atom. The molecule has 2 aromatic rings. The molecule has 2 aromatic carbocycles. The van der Waals surface area contributed by atoms with Crippen LogP contribution in [0, 0.1) is 23.7 Å². The summed E-state index contributed by atoms with van der Waals surface area (Å²) < 4.78 is 0. The summed E-state index contributed by atoms with van der Waals surface area (Å²) in [5.74, 6) is -17.7. The first kappa shape index (κ1) is 59.2. The molecular formula is C44H56Cl2N4O19. The van der Waals surface area contributed by atoms with Crippen molar-refractivity contribution in [2.75, 3.05) is 28.2 Å². The zero-order chi connectivity index (χ0) is 47.7. The molecule has 0 aliphatic heterocycles. The SMILES string of the molecule is C[C@H]1c2cccc(O)c2C(=O)C2=C(O)[C@]3(O)C(=O)C(C(N)=O)=C(O)[C@@H](N(C)C)[C@@H]3[C@@H](O)[C@@H]21.C[C@H]1c2cccc(O)c2C(=O)C2=C(O)[C@]3(O)C(=O)C(C(N)=O)=C(O)[C@@H](N(C)C)[C@@H]3[C@@H](O)[C@@H]21.Cl.Cl.O.O.O. The van der Waals surface area contributed by atoms with Gasteiger partial charge in [-0.05, 0) is 63.3 Å². The first-order chi connectivity index (χ1) is 29.7. The van der Waals surface area contributed by atoms with Gasteiger partial charge in [0.05, 0.1) is 47.3 Å². The van der Waals surface area contributed by atoms with E-state index >= 15 is 0 Å². The number of aliphatic hydroxyl groups excluding tert-OH is 6. The maximum Gasteiger partial charge on any atom is 0.255 e. The molecule has 2 amide bonds. The largest absolute Gasteiger partial charge is 0.510 e. The minimum Gasteiger partial charge on any atom is -0.510 e. The molecule has 69 heavy (non-hydrogen) atoms. The molecule has 0 saturated heterocycles. The molecule has 0 heterocycles. The van der Waals surface area contributed by atoms with E-state index in [1.54, 1.807) is 38.1 Å². The number of nitrogens with two attached hydrogens (primary N) is 2. The van der Waals surface area contributed by atoms with Crippen LogP contribution in [0.3, 0.4) is 0 Å². The van der Waals surface area contributed by atoms with Crippen LogP contribution in [-0.2, 0) is 19.2 Å². The standard InChI is InChI=1S/2C22H24N2O8.2ClH.3H2O/c2*1-7-8-5-4-6-9(25)11(8)16(26)12-10(7)17(27)14-15(24(2)3)18(28)13(21(23)31)20(30)22(14,32)19(12)29;;;;;/h2*4-7,10,14-15,17,25,27-29,32H,1-3H3,(H2,23,31);2*1H;3*1H2/t2*7-,10+,14+,15-,17-,22-;;;;;/m00...../s1. The van der Waals surface area contributed by atoms with Gasteiger partial charge in [-0.3, -0.25) is 38.6 Å². The Labute approximate surface area is 404 Å². The van der Waals surface area contributed by atoms with Gasteiger partial charge in [-0.2, -0.15) is 0 Å². The number of fused-ring (bicyclic) bond motifs is 6. The number of amides is 2. The Morgan fingerprint density at radius 3 is 1.12 bits per heavy atom. The average molecular weight is 1020 g/mol. The molecule has 0 fully saturated rings. The van der Waals surface area contributed by atoms with Crippen LogP contribution < -0.4 is 11.5 Å². The zero-order valence-electron chi connectivity index (χ0n) is 37.5. The lowest BCUT2D eigenvalue weighted by molar-refractivity contribution is -0.162. The molecule has 0 radical (unpaired) electrons. The summed E-state index contributed by atoms with van der Waals surface area (Å²) in [6, 6.07) is 6.33. The molecular weight excluding hydrogens is 959 g/mol. The van der Waals surface area contributed by atoms with E-state index in [0.717, 1.165) is 0 Å². The van der Waals surface area contributed by atoms with Crippen LogP contribution >= 0.6 is 24.8 Å². The molecule has 6 aliphatic carbocycles. The Morgan fingerprint density at radius 1 is 0.565 bits per heavy atom. The van der Waals surface area contributed by atoms with Crippen LogP contribution in [0.25, 0.3) is 0 Å². The van der Waals surface area contributed by atoms with Crippen molar-refractivity contribution in [3.05, 3.63) is 104 Å². The monoisotopic (exact) mass is 1010 g/mol. The van der Waals surface area contributed by atoms with Crippen molar-refractivity contribution in [3.63, 3.8) is 0 Å². The second-order valence-corrected chi connectivity index (χ2v) is 17.6. The van der Waals surface area contributed by atoms with Crippen molar-refractivity contribution in [1.82, 2.24) is 9.80 Å². The van der Waals surface area contributed by atoms with E-state index < -0.39 is 151 Å². The lowest BCUT2D eigenvalue weighted by Crippen LogP contribution is -2.68. The van der Waals surface area contributed by atoms with Crippen LogP contribution in [0.15, 0.2) is 81.7 Å². The predicted molar refractivity (Wildman–Crippen MR) is 245 cm³/mol. The number of aliphatic hydroxyl groups is 8. The van der Waals surface area contributed by atoms with Crippen LogP contribution in [0.2, 0.25) is 0 Å². The predicted octanol–water partition coefficient (Wildman–Crippen LogP) is -2.33. The van der Waals surface area contributed by atoms with E-state index in [1.165, 1.54) is 50.1 Å². The van der Waals surface area contributed by atoms with Crippen LogP contribution in [-0.4, -0.2) is 176 Å². The third-order valence-electron chi connectivity index (χ3n) is 14.0. The summed E-state index contributed by atoms with van der Waals surface area (Å²) in [5.41, 5.74) is 2.73. The number of carbonyl (C=O) groups excluding carboxylic acids is 6.